The van der Waals surface area contributed by atoms with Crippen LogP contribution in [-0.2, 0) is 6.42 Å². The molecule has 1 aromatic carbocycles. The number of aliphatic imine (C=N–C) groups is 1. The fourth-order valence-corrected chi connectivity index (χ4v) is 3.69. The second-order valence-corrected chi connectivity index (χ2v) is 6.88. The Bertz CT molecular complexity index is 836. The van der Waals surface area contributed by atoms with E-state index >= 15 is 0 Å². The summed E-state index contributed by atoms with van der Waals surface area (Å²) in [4.78, 5) is 13.5. The second kappa shape index (κ2) is 10.6. The molecule has 1 aliphatic rings. The van der Waals surface area contributed by atoms with E-state index in [9.17, 15) is 0 Å². The zero-order valence-electron chi connectivity index (χ0n) is 18.2. The van der Waals surface area contributed by atoms with E-state index in [1.807, 2.05) is 37.5 Å². The van der Waals surface area contributed by atoms with Gasteiger partial charge >= 0.3 is 0 Å². The average Bonchev–Trinajstić information content (AvgIpc) is 2.82. The molecule has 1 N–H and O–H groups in total. The summed E-state index contributed by atoms with van der Waals surface area (Å²) in [5, 5.41) is 3.47. The van der Waals surface area contributed by atoms with Gasteiger partial charge in [-0.3, -0.25) is 4.99 Å². The molecule has 0 radical (unpaired) electrons. The molecule has 0 spiro atoms. The predicted molar refractivity (Wildman–Crippen MR) is 119 cm³/mol. The van der Waals surface area contributed by atoms with Gasteiger partial charge in [0.25, 0.3) is 0 Å². The number of anilines is 1. The lowest BCUT2D eigenvalue weighted by molar-refractivity contribution is 0.322. The Kier molecular flexibility index (Phi) is 7.59. The number of nitrogens with one attached hydrogen (secondary N) is 1. The highest BCUT2D eigenvalue weighted by Gasteiger charge is 2.21. The van der Waals surface area contributed by atoms with Gasteiger partial charge in [-0.15, -0.1) is 0 Å². The zero-order valence-corrected chi connectivity index (χ0v) is 18.2. The molecule has 0 bridgehead atoms. The van der Waals surface area contributed by atoms with Gasteiger partial charge in [-0.05, 0) is 24.6 Å². The fraction of sp³-hybridized carbons (Fsp3) is 0.455. The molecule has 0 aliphatic carbocycles. The van der Waals surface area contributed by atoms with Crippen molar-refractivity contribution in [2.75, 3.05) is 66.0 Å². The Balaban J connectivity index is 1.56. The first-order chi connectivity index (χ1) is 14.7. The van der Waals surface area contributed by atoms with Crippen LogP contribution in [0.15, 0.2) is 41.5 Å². The van der Waals surface area contributed by atoms with Crippen molar-refractivity contribution >= 4 is 11.8 Å². The molecule has 0 unspecified atom stereocenters. The van der Waals surface area contributed by atoms with Crippen LogP contribution in [-0.4, -0.2) is 76.9 Å². The van der Waals surface area contributed by atoms with Crippen LogP contribution in [0.25, 0.3) is 0 Å². The minimum Gasteiger partial charge on any atom is -0.493 e. The molecule has 3 rings (SSSR count). The van der Waals surface area contributed by atoms with E-state index in [2.05, 4.69) is 31.2 Å². The maximum atomic E-state index is 5.58. The predicted octanol–water partition coefficient (Wildman–Crippen LogP) is 2.05. The van der Waals surface area contributed by atoms with Gasteiger partial charge in [0, 0.05) is 51.5 Å². The number of ether oxygens (including phenoxy) is 3. The molecule has 2 heterocycles. The van der Waals surface area contributed by atoms with E-state index in [0.717, 1.165) is 56.5 Å². The number of piperazine rings is 1. The molecule has 1 aliphatic heterocycles. The number of hydrogen-bond donors (Lipinski definition) is 1. The van der Waals surface area contributed by atoms with Gasteiger partial charge in [0.2, 0.25) is 5.75 Å². The third-order valence-corrected chi connectivity index (χ3v) is 5.23. The molecule has 8 nitrogen and oxygen atoms in total. The van der Waals surface area contributed by atoms with Crippen LogP contribution in [0.2, 0.25) is 0 Å². The van der Waals surface area contributed by atoms with Gasteiger partial charge in [-0.2, -0.15) is 0 Å². The largest absolute Gasteiger partial charge is 0.493 e. The van der Waals surface area contributed by atoms with Crippen molar-refractivity contribution < 1.29 is 14.2 Å². The van der Waals surface area contributed by atoms with Crippen LogP contribution in [0.3, 0.4) is 0 Å². The fourth-order valence-electron chi connectivity index (χ4n) is 3.69. The van der Waals surface area contributed by atoms with Gasteiger partial charge in [-0.25, -0.2) is 4.98 Å². The van der Waals surface area contributed by atoms with Crippen molar-refractivity contribution in [2.45, 2.75) is 6.42 Å². The van der Waals surface area contributed by atoms with E-state index in [0.29, 0.717) is 17.2 Å². The van der Waals surface area contributed by atoms with E-state index in [1.165, 1.54) is 0 Å². The molecule has 0 atom stereocenters. The van der Waals surface area contributed by atoms with Crippen molar-refractivity contribution in [3.05, 3.63) is 42.1 Å². The summed E-state index contributed by atoms with van der Waals surface area (Å²) in [6.07, 6.45) is 2.61. The van der Waals surface area contributed by atoms with Crippen LogP contribution in [0, 0.1) is 0 Å². The van der Waals surface area contributed by atoms with E-state index in [-0.39, 0.29) is 0 Å². The first kappa shape index (κ1) is 21.5. The molecule has 2 aromatic rings. The lowest BCUT2D eigenvalue weighted by atomic mass is 10.1. The van der Waals surface area contributed by atoms with Gasteiger partial charge in [-0.1, -0.05) is 12.1 Å². The number of hydrogen-bond acceptors (Lipinski definition) is 6. The maximum absolute atomic E-state index is 5.58. The lowest BCUT2D eigenvalue weighted by Crippen LogP contribution is -2.53. The van der Waals surface area contributed by atoms with Gasteiger partial charge < -0.3 is 29.3 Å². The number of aromatic nitrogens is 1. The van der Waals surface area contributed by atoms with Crippen LogP contribution < -0.4 is 24.4 Å². The number of benzene rings is 1. The molecule has 1 aromatic heterocycles. The average molecular weight is 414 g/mol. The normalized spacial score (nSPS) is 14.5. The summed E-state index contributed by atoms with van der Waals surface area (Å²) in [7, 11) is 6.71. The Morgan fingerprint density at radius 1 is 1.00 bits per heavy atom. The highest BCUT2D eigenvalue weighted by Crippen LogP contribution is 2.39. The smallest absolute Gasteiger partial charge is 0.203 e. The minimum atomic E-state index is 0.618. The van der Waals surface area contributed by atoms with Crippen LogP contribution in [0.4, 0.5) is 5.82 Å². The molecular formula is C22H31N5O3. The lowest BCUT2D eigenvalue weighted by Gasteiger charge is -2.37. The quantitative estimate of drug-likeness (QED) is 0.550. The number of guanidine groups is 1. The van der Waals surface area contributed by atoms with E-state index in [4.69, 9.17) is 14.2 Å². The topological polar surface area (TPSA) is 71.5 Å². The third-order valence-electron chi connectivity index (χ3n) is 5.23. The molecular weight excluding hydrogens is 382 g/mol. The molecule has 1 fully saturated rings. The SMILES string of the molecule is CN=C(NCCc1ccc(OC)c(OC)c1OC)N1CCN(c2ccccn2)CC1. The Morgan fingerprint density at radius 2 is 1.77 bits per heavy atom. The Morgan fingerprint density at radius 3 is 2.37 bits per heavy atom. The maximum Gasteiger partial charge on any atom is 0.203 e. The van der Waals surface area contributed by atoms with Crippen molar-refractivity contribution in [1.29, 1.82) is 0 Å². The Labute approximate surface area is 178 Å². The van der Waals surface area contributed by atoms with Crippen molar-refractivity contribution in [2.24, 2.45) is 4.99 Å². The van der Waals surface area contributed by atoms with Crippen molar-refractivity contribution in [3.8, 4) is 17.2 Å². The van der Waals surface area contributed by atoms with E-state index < -0.39 is 0 Å². The minimum absolute atomic E-state index is 0.618. The summed E-state index contributed by atoms with van der Waals surface area (Å²) in [6.45, 7) is 4.37. The summed E-state index contributed by atoms with van der Waals surface area (Å²) in [5.74, 6) is 3.92. The number of pyridine rings is 1. The molecule has 162 valence electrons. The van der Waals surface area contributed by atoms with Crippen LogP contribution >= 0.6 is 0 Å². The van der Waals surface area contributed by atoms with Gasteiger partial charge in [0.05, 0.1) is 21.3 Å². The summed E-state index contributed by atoms with van der Waals surface area (Å²) in [5.41, 5.74) is 1.05. The standard InChI is InChI=1S/C22H31N5O3/c1-23-22(27-15-13-26(14-16-27)19-7-5-6-11-24-19)25-12-10-17-8-9-18(28-2)21(30-4)20(17)29-3/h5-9,11H,10,12-16H2,1-4H3,(H,23,25). The summed E-state index contributed by atoms with van der Waals surface area (Å²) >= 11 is 0. The molecule has 30 heavy (non-hydrogen) atoms. The summed E-state index contributed by atoms with van der Waals surface area (Å²) in [6, 6.07) is 9.94. The van der Waals surface area contributed by atoms with E-state index in [1.54, 1.807) is 21.3 Å². The first-order valence-electron chi connectivity index (χ1n) is 10.1. The van der Waals surface area contributed by atoms with Crippen molar-refractivity contribution in [1.82, 2.24) is 15.2 Å². The molecule has 0 amide bonds. The van der Waals surface area contributed by atoms with Gasteiger partial charge in [0.15, 0.2) is 17.5 Å². The van der Waals surface area contributed by atoms with Crippen LogP contribution in [0.5, 0.6) is 17.2 Å². The zero-order chi connectivity index (χ0) is 21.3. The molecule has 0 saturated carbocycles. The Hall–Kier alpha value is -3.16. The highest BCUT2D eigenvalue weighted by atomic mass is 16.5. The number of methoxy groups -OCH3 is 3. The third kappa shape index (κ3) is 4.87. The van der Waals surface area contributed by atoms with Gasteiger partial charge in [0.1, 0.15) is 5.82 Å². The van der Waals surface area contributed by atoms with Crippen LogP contribution in [0.1, 0.15) is 5.56 Å². The number of rotatable bonds is 7. The monoisotopic (exact) mass is 413 g/mol. The summed E-state index contributed by atoms with van der Waals surface area (Å²) < 4.78 is 16.4. The highest BCUT2D eigenvalue weighted by molar-refractivity contribution is 5.80. The van der Waals surface area contributed by atoms with Crippen molar-refractivity contribution in [3.63, 3.8) is 0 Å². The first-order valence-corrected chi connectivity index (χ1v) is 10.1. The second-order valence-electron chi connectivity index (χ2n) is 6.88. The number of nitrogens with zero attached hydrogens (tertiary/aromatic N) is 4. The molecule has 8 heteroatoms. The molecule has 1 saturated heterocycles.